The van der Waals surface area contributed by atoms with Crippen molar-refractivity contribution in [3.8, 4) is 5.75 Å². The number of anilines is 1. The molecule has 2 amide bonds. The summed E-state index contributed by atoms with van der Waals surface area (Å²) in [5.74, 6) is 0.262. The van der Waals surface area contributed by atoms with Crippen LogP contribution in [0.2, 0.25) is 0 Å². The van der Waals surface area contributed by atoms with Crippen LogP contribution >= 0.6 is 0 Å². The molecule has 6 nitrogen and oxygen atoms in total. The van der Waals surface area contributed by atoms with Gasteiger partial charge >= 0.3 is 0 Å². The summed E-state index contributed by atoms with van der Waals surface area (Å²) < 4.78 is 5.09. The van der Waals surface area contributed by atoms with Crippen molar-refractivity contribution < 1.29 is 14.3 Å². The zero-order valence-electron chi connectivity index (χ0n) is 14.8. The number of benzene rings is 2. The Hall–Kier alpha value is -3.67. The predicted octanol–water partition coefficient (Wildman–Crippen LogP) is 3.27. The number of nitrogens with zero attached hydrogens (tertiary/aromatic N) is 1. The molecule has 1 aromatic heterocycles. The van der Waals surface area contributed by atoms with E-state index in [1.165, 1.54) is 0 Å². The van der Waals surface area contributed by atoms with Gasteiger partial charge in [0.1, 0.15) is 5.75 Å². The number of nitrogens with one attached hydrogen (secondary N) is 2. The third-order valence-corrected chi connectivity index (χ3v) is 3.93. The lowest BCUT2D eigenvalue weighted by Crippen LogP contribution is -2.23. The fourth-order valence-corrected chi connectivity index (χ4v) is 2.44. The number of hydrogen-bond acceptors (Lipinski definition) is 4. The highest BCUT2D eigenvalue weighted by Crippen LogP contribution is 2.16. The van der Waals surface area contributed by atoms with Gasteiger partial charge in [0.15, 0.2) is 0 Å². The van der Waals surface area contributed by atoms with Crippen LogP contribution in [-0.2, 0) is 6.54 Å². The maximum Gasteiger partial charge on any atom is 0.255 e. The van der Waals surface area contributed by atoms with Gasteiger partial charge in [0.25, 0.3) is 11.8 Å². The molecule has 2 N–H and O–H groups in total. The second-order valence-electron chi connectivity index (χ2n) is 5.80. The lowest BCUT2D eigenvalue weighted by molar-refractivity contribution is 0.0949. The Morgan fingerprint density at radius 2 is 1.59 bits per heavy atom. The number of rotatable bonds is 6. The number of amides is 2. The molecule has 0 aliphatic rings. The molecule has 136 valence electrons. The lowest BCUT2D eigenvalue weighted by Gasteiger charge is -2.08. The first-order chi connectivity index (χ1) is 13.2. The van der Waals surface area contributed by atoms with Gasteiger partial charge in [-0.05, 0) is 60.2 Å². The maximum atomic E-state index is 12.3. The molecule has 0 bridgehead atoms. The Kier molecular flexibility index (Phi) is 5.79. The van der Waals surface area contributed by atoms with Crippen LogP contribution in [0.25, 0.3) is 0 Å². The van der Waals surface area contributed by atoms with Crippen molar-refractivity contribution in [1.29, 1.82) is 0 Å². The predicted molar refractivity (Wildman–Crippen MR) is 103 cm³/mol. The summed E-state index contributed by atoms with van der Waals surface area (Å²) >= 11 is 0. The highest BCUT2D eigenvalue weighted by molar-refractivity contribution is 6.05. The van der Waals surface area contributed by atoms with Crippen molar-refractivity contribution in [2.45, 2.75) is 6.54 Å². The second kappa shape index (κ2) is 8.62. The van der Waals surface area contributed by atoms with Crippen LogP contribution < -0.4 is 15.4 Å². The number of pyridine rings is 1. The van der Waals surface area contributed by atoms with E-state index in [1.54, 1.807) is 68.0 Å². The number of ether oxygens (including phenoxy) is 1. The first kappa shape index (κ1) is 18.1. The number of aromatic nitrogens is 1. The van der Waals surface area contributed by atoms with Crippen molar-refractivity contribution in [1.82, 2.24) is 10.3 Å². The molecular formula is C21H19N3O3. The van der Waals surface area contributed by atoms with Crippen molar-refractivity contribution in [3.63, 3.8) is 0 Å². The minimum absolute atomic E-state index is 0.207. The molecule has 1 heterocycles. The standard InChI is InChI=1S/C21H19N3O3/c1-27-19-10-8-18(9-11-19)24-21(26)17-6-4-16(5-7-17)20(25)23-14-15-3-2-12-22-13-15/h2-13H,14H2,1H3,(H,23,25)(H,24,26). The van der Waals surface area contributed by atoms with E-state index in [2.05, 4.69) is 15.6 Å². The van der Waals surface area contributed by atoms with Gasteiger partial charge in [0.2, 0.25) is 0 Å². The van der Waals surface area contributed by atoms with Crippen LogP contribution in [-0.4, -0.2) is 23.9 Å². The Morgan fingerprint density at radius 3 is 2.19 bits per heavy atom. The number of carbonyl (C=O) groups excluding carboxylic acids is 2. The minimum atomic E-state index is -0.248. The molecule has 6 heteroatoms. The molecular weight excluding hydrogens is 342 g/mol. The third kappa shape index (κ3) is 4.92. The molecule has 0 fully saturated rings. The normalized spacial score (nSPS) is 10.1. The summed E-state index contributed by atoms with van der Waals surface area (Å²) in [5, 5.41) is 5.63. The molecule has 0 atom stereocenters. The smallest absolute Gasteiger partial charge is 0.255 e. The average molecular weight is 361 g/mol. The molecule has 0 aliphatic carbocycles. The topological polar surface area (TPSA) is 80.3 Å². The summed E-state index contributed by atoms with van der Waals surface area (Å²) in [6, 6.07) is 17.3. The number of methoxy groups -OCH3 is 1. The van der Waals surface area contributed by atoms with Gasteiger partial charge in [-0.3, -0.25) is 14.6 Å². The SMILES string of the molecule is COc1ccc(NC(=O)c2ccc(C(=O)NCc3cccnc3)cc2)cc1. The second-order valence-corrected chi connectivity index (χ2v) is 5.80. The minimum Gasteiger partial charge on any atom is -0.497 e. The van der Waals surface area contributed by atoms with E-state index in [-0.39, 0.29) is 11.8 Å². The van der Waals surface area contributed by atoms with Gasteiger partial charge in [-0.25, -0.2) is 0 Å². The van der Waals surface area contributed by atoms with Crippen molar-refractivity contribution in [3.05, 3.63) is 89.7 Å². The molecule has 0 saturated carbocycles. The zero-order chi connectivity index (χ0) is 19.1. The van der Waals surface area contributed by atoms with Gasteiger partial charge in [-0.2, -0.15) is 0 Å². The molecule has 3 aromatic rings. The summed E-state index contributed by atoms with van der Waals surface area (Å²) in [4.78, 5) is 28.5. The van der Waals surface area contributed by atoms with E-state index in [0.29, 0.717) is 23.4 Å². The fraction of sp³-hybridized carbons (Fsp3) is 0.0952. The Bertz CT molecular complexity index is 908. The lowest BCUT2D eigenvalue weighted by atomic mass is 10.1. The van der Waals surface area contributed by atoms with Crippen LogP contribution in [0, 0.1) is 0 Å². The van der Waals surface area contributed by atoms with Gasteiger partial charge in [0.05, 0.1) is 7.11 Å². The van der Waals surface area contributed by atoms with Gasteiger partial charge < -0.3 is 15.4 Å². The summed E-state index contributed by atoms with van der Waals surface area (Å²) in [6.45, 7) is 0.395. The van der Waals surface area contributed by atoms with Gasteiger partial charge in [-0.15, -0.1) is 0 Å². The van der Waals surface area contributed by atoms with Crippen molar-refractivity contribution in [2.75, 3.05) is 12.4 Å². The molecule has 0 radical (unpaired) electrons. The van der Waals surface area contributed by atoms with E-state index in [1.807, 2.05) is 12.1 Å². The van der Waals surface area contributed by atoms with Crippen LogP contribution in [0.4, 0.5) is 5.69 Å². The highest BCUT2D eigenvalue weighted by Gasteiger charge is 2.09. The molecule has 3 rings (SSSR count). The number of carbonyl (C=O) groups is 2. The fourth-order valence-electron chi connectivity index (χ4n) is 2.44. The largest absolute Gasteiger partial charge is 0.497 e. The number of hydrogen-bond donors (Lipinski definition) is 2. The van der Waals surface area contributed by atoms with E-state index < -0.39 is 0 Å². The first-order valence-corrected chi connectivity index (χ1v) is 8.38. The third-order valence-electron chi connectivity index (χ3n) is 3.93. The maximum absolute atomic E-state index is 12.3. The Morgan fingerprint density at radius 1 is 0.926 bits per heavy atom. The average Bonchev–Trinajstić information content (AvgIpc) is 2.73. The van der Waals surface area contributed by atoms with Gasteiger partial charge in [0, 0.05) is 35.8 Å². The summed E-state index contributed by atoms with van der Waals surface area (Å²) in [5.41, 5.74) is 2.54. The van der Waals surface area contributed by atoms with Crippen molar-refractivity contribution in [2.24, 2.45) is 0 Å². The Balaban J connectivity index is 1.58. The summed E-state index contributed by atoms with van der Waals surface area (Å²) in [7, 11) is 1.59. The summed E-state index contributed by atoms with van der Waals surface area (Å²) in [6.07, 6.45) is 3.38. The van der Waals surface area contributed by atoms with Crippen LogP contribution in [0.5, 0.6) is 5.75 Å². The zero-order valence-corrected chi connectivity index (χ0v) is 14.8. The monoisotopic (exact) mass is 361 g/mol. The molecule has 0 saturated heterocycles. The van der Waals surface area contributed by atoms with Crippen LogP contribution in [0.3, 0.4) is 0 Å². The van der Waals surface area contributed by atoms with Crippen molar-refractivity contribution >= 4 is 17.5 Å². The van der Waals surface area contributed by atoms with E-state index in [9.17, 15) is 9.59 Å². The molecule has 2 aromatic carbocycles. The van der Waals surface area contributed by atoms with Crippen LogP contribution in [0.15, 0.2) is 73.1 Å². The molecule has 0 aliphatic heterocycles. The quantitative estimate of drug-likeness (QED) is 0.706. The van der Waals surface area contributed by atoms with Crippen LogP contribution in [0.1, 0.15) is 26.3 Å². The molecule has 0 unspecified atom stereocenters. The van der Waals surface area contributed by atoms with Gasteiger partial charge in [-0.1, -0.05) is 6.07 Å². The Labute approximate surface area is 157 Å². The molecule has 0 spiro atoms. The first-order valence-electron chi connectivity index (χ1n) is 8.38. The highest BCUT2D eigenvalue weighted by atomic mass is 16.5. The van der Waals surface area contributed by atoms with E-state index in [0.717, 1.165) is 11.3 Å². The van der Waals surface area contributed by atoms with E-state index >= 15 is 0 Å². The van der Waals surface area contributed by atoms with E-state index in [4.69, 9.17) is 4.74 Å². The molecule has 27 heavy (non-hydrogen) atoms.